The van der Waals surface area contributed by atoms with Crippen LogP contribution in [0.4, 0.5) is 10.7 Å². The minimum atomic E-state index is -3.78. The molecule has 1 aliphatic carbocycles. The highest BCUT2D eigenvalue weighted by atomic mass is 32.2. The van der Waals surface area contributed by atoms with Crippen LogP contribution < -0.4 is 10.0 Å². The highest BCUT2D eigenvalue weighted by Crippen LogP contribution is 2.36. The van der Waals surface area contributed by atoms with E-state index in [4.69, 9.17) is 0 Å². The normalized spacial score (nSPS) is 23.0. The lowest BCUT2D eigenvalue weighted by Crippen LogP contribution is -2.38. The van der Waals surface area contributed by atoms with Crippen molar-refractivity contribution in [2.24, 2.45) is 0 Å². The number of rotatable bonds is 5. The molecule has 1 aliphatic rings. The second-order valence-corrected chi connectivity index (χ2v) is 7.91. The summed E-state index contributed by atoms with van der Waals surface area (Å²) in [5, 5.41) is 23.1. The lowest BCUT2D eigenvalue weighted by atomic mass is 9.94. The fraction of sp³-hybridized carbons (Fsp3) is 0.636. The summed E-state index contributed by atoms with van der Waals surface area (Å²) in [6, 6.07) is 0.828. The van der Waals surface area contributed by atoms with E-state index < -0.39 is 14.9 Å². The fourth-order valence-corrected chi connectivity index (χ4v) is 4.88. The Bertz CT molecular complexity index is 620. The van der Waals surface area contributed by atoms with Crippen LogP contribution in [-0.4, -0.2) is 37.6 Å². The Labute approximate surface area is 126 Å². The number of aliphatic hydroxyl groups is 1. The van der Waals surface area contributed by atoms with Crippen LogP contribution in [0.2, 0.25) is 0 Å². The Morgan fingerprint density at radius 2 is 2.00 bits per heavy atom. The average Bonchev–Trinajstić information content (AvgIpc) is 2.86. The van der Waals surface area contributed by atoms with Gasteiger partial charge in [-0.1, -0.05) is 11.3 Å². The molecular weight excluding hydrogens is 318 g/mol. The van der Waals surface area contributed by atoms with Gasteiger partial charge in [-0.2, -0.15) is 0 Å². The number of aliphatic hydroxyl groups excluding tert-OH is 1. The van der Waals surface area contributed by atoms with Crippen molar-refractivity contribution < 1.29 is 18.4 Å². The summed E-state index contributed by atoms with van der Waals surface area (Å²) in [5.74, 6) is 0. The molecule has 3 N–H and O–H groups in total. The summed E-state index contributed by atoms with van der Waals surface area (Å²) in [5.41, 5.74) is -0.248. The third kappa shape index (κ3) is 3.70. The third-order valence-electron chi connectivity index (χ3n) is 3.40. The molecule has 0 atom stereocenters. The smallest absolute Gasteiger partial charge is 0.304 e. The molecule has 1 heterocycles. The average molecular weight is 335 g/mol. The van der Waals surface area contributed by atoms with Crippen molar-refractivity contribution in [1.82, 2.24) is 4.72 Å². The molecule has 21 heavy (non-hydrogen) atoms. The maximum atomic E-state index is 12.3. The van der Waals surface area contributed by atoms with Gasteiger partial charge in [-0.3, -0.25) is 10.1 Å². The van der Waals surface area contributed by atoms with Crippen molar-refractivity contribution in [1.29, 1.82) is 0 Å². The van der Waals surface area contributed by atoms with Crippen LogP contribution in [-0.2, 0) is 10.0 Å². The Kier molecular flexibility index (Phi) is 4.81. The Hall–Kier alpha value is -1.23. The maximum absolute atomic E-state index is 12.3. The zero-order valence-electron chi connectivity index (χ0n) is 11.4. The highest BCUT2D eigenvalue weighted by molar-refractivity contribution is 7.91. The summed E-state index contributed by atoms with van der Waals surface area (Å²) in [7, 11) is -2.28. The summed E-state index contributed by atoms with van der Waals surface area (Å²) in [4.78, 5) is 10.3. The number of anilines is 1. The number of sulfonamides is 1. The molecule has 0 unspecified atom stereocenters. The molecule has 0 radical (unpaired) electrons. The van der Waals surface area contributed by atoms with Gasteiger partial charge in [-0.05, 0) is 25.7 Å². The van der Waals surface area contributed by atoms with Crippen LogP contribution >= 0.6 is 11.3 Å². The number of hydrogen-bond donors (Lipinski definition) is 3. The van der Waals surface area contributed by atoms with Crippen LogP contribution in [0.25, 0.3) is 0 Å². The highest BCUT2D eigenvalue weighted by Gasteiger charge is 2.29. The van der Waals surface area contributed by atoms with Crippen LogP contribution in [0.1, 0.15) is 25.7 Å². The number of nitrogens with zero attached hydrogens (tertiary/aromatic N) is 1. The molecule has 2 rings (SSSR count). The predicted octanol–water partition coefficient (Wildman–Crippen LogP) is 1.28. The van der Waals surface area contributed by atoms with Crippen molar-refractivity contribution in [3.05, 3.63) is 16.2 Å². The summed E-state index contributed by atoms with van der Waals surface area (Å²) in [6.45, 7) is 0. The third-order valence-corrected chi connectivity index (χ3v) is 6.53. The van der Waals surface area contributed by atoms with Gasteiger partial charge >= 0.3 is 5.69 Å². The van der Waals surface area contributed by atoms with Crippen LogP contribution in [0.15, 0.2) is 10.3 Å². The lowest BCUT2D eigenvalue weighted by molar-refractivity contribution is -0.383. The Balaban J connectivity index is 2.18. The first-order valence-electron chi connectivity index (χ1n) is 6.50. The minimum absolute atomic E-state index is 0.0790. The van der Waals surface area contributed by atoms with Crippen molar-refractivity contribution in [2.45, 2.75) is 42.0 Å². The van der Waals surface area contributed by atoms with Gasteiger partial charge in [0.25, 0.3) is 10.0 Å². The molecule has 0 aromatic carbocycles. The van der Waals surface area contributed by atoms with Gasteiger partial charge < -0.3 is 10.4 Å². The van der Waals surface area contributed by atoms with E-state index in [-0.39, 0.29) is 27.0 Å². The molecular formula is C11H17N3O5S2. The molecule has 0 spiro atoms. The van der Waals surface area contributed by atoms with Crippen molar-refractivity contribution >= 4 is 32.0 Å². The zero-order valence-corrected chi connectivity index (χ0v) is 13.0. The van der Waals surface area contributed by atoms with Gasteiger partial charge in [0.2, 0.25) is 0 Å². The zero-order chi connectivity index (χ0) is 15.6. The molecule has 1 fully saturated rings. The topological polar surface area (TPSA) is 122 Å². The summed E-state index contributed by atoms with van der Waals surface area (Å²) in [6.07, 6.45) is 1.86. The molecule has 0 bridgehead atoms. The van der Waals surface area contributed by atoms with E-state index in [9.17, 15) is 23.6 Å². The quantitative estimate of drug-likeness (QED) is 0.550. The standard InChI is InChI=1S/C11H17N3O5S2/c1-12-11-9(14(16)17)6-10(20-11)21(18,19)13-7-2-4-8(15)5-3-7/h6-8,12-13,15H,2-5H2,1H3. The van der Waals surface area contributed by atoms with Gasteiger partial charge in [0.05, 0.1) is 11.0 Å². The number of nitro groups is 1. The first-order valence-corrected chi connectivity index (χ1v) is 8.80. The van der Waals surface area contributed by atoms with Gasteiger partial charge in [-0.25, -0.2) is 13.1 Å². The van der Waals surface area contributed by atoms with E-state index in [1.54, 1.807) is 0 Å². The van der Waals surface area contributed by atoms with Crippen LogP contribution in [0, 0.1) is 10.1 Å². The van der Waals surface area contributed by atoms with Gasteiger partial charge in [0, 0.05) is 19.2 Å². The van der Waals surface area contributed by atoms with E-state index in [2.05, 4.69) is 10.0 Å². The molecule has 0 aliphatic heterocycles. The molecule has 1 saturated carbocycles. The first kappa shape index (κ1) is 16.1. The van der Waals surface area contributed by atoms with Gasteiger partial charge in [0.1, 0.15) is 4.21 Å². The lowest BCUT2D eigenvalue weighted by Gasteiger charge is -2.25. The van der Waals surface area contributed by atoms with E-state index in [1.165, 1.54) is 7.05 Å². The van der Waals surface area contributed by atoms with Crippen molar-refractivity contribution in [3.8, 4) is 0 Å². The molecule has 1 aromatic rings. The first-order chi connectivity index (χ1) is 9.83. The Morgan fingerprint density at radius 1 is 1.38 bits per heavy atom. The number of nitrogens with one attached hydrogen (secondary N) is 2. The van der Waals surface area contributed by atoms with E-state index >= 15 is 0 Å². The Morgan fingerprint density at radius 3 is 2.48 bits per heavy atom. The minimum Gasteiger partial charge on any atom is -0.393 e. The summed E-state index contributed by atoms with van der Waals surface area (Å²) >= 11 is 0.831. The monoisotopic (exact) mass is 335 g/mol. The molecule has 1 aromatic heterocycles. The second kappa shape index (κ2) is 6.26. The molecule has 8 nitrogen and oxygen atoms in total. The van der Waals surface area contributed by atoms with E-state index in [1.807, 2.05) is 0 Å². The molecule has 0 amide bonds. The van der Waals surface area contributed by atoms with E-state index in [0.717, 1.165) is 17.4 Å². The van der Waals surface area contributed by atoms with Gasteiger partial charge in [0.15, 0.2) is 5.00 Å². The molecule has 10 heteroatoms. The fourth-order valence-electron chi connectivity index (χ4n) is 2.28. The SMILES string of the molecule is CNc1sc(S(=O)(=O)NC2CCC(O)CC2)cc1[N+](=O)[O-]. The van der Waals surface area contributed by atoms with Gasteiger partial charge in [-0.15, -0.1) is 0 Å². The number of thiophene rings is 1. The molecule has 118 valence electrons. The van der Waals surface area contributed by atoms with Crippen molar-refractivity contribution in [2.75, 3.05) is 12.4 Å². The molecule has 0 saturated heterocycles. The number of hydrogen-bond acceptors (Lipinski definition) is 7. The summed E-state index contributed by atoms with van der Waals surface area (Å²) < 4.78 is 27.0. The largest absolute Gasteiger partial charge is 0.393 e. The van der Waals surface area contributed by atoms with Crippen LogP contribution in [0.5, 0.6) is 0 Å². The predicted molar refractivity (Wildman–Crippen MR) is 79.1 cm³/mol. The van der Waals surface area contributed by atoms with Crippen LogP contribution in [0.3, 0.4) is 0 Å². The second-order valence-electron chi connectivity index (χ2n) is 4.91. The van der Waals surface area contributed by atoms with E-state index in [0.29, 0.717) is 25.7 Å². The maximum Gasteiger partial charge on any atom is 0.304 e. The van der Waals surface area contributed by atoms with Crippen molar-refractivity contribution in [3.63, 3.8) is 0 Å².